The fourth-order valence-electron chi connectivity index (χ4n) is 2.18. The number of thiocarbonyl (C=S) groups is 1. The molecule has 0 saturated heterocycles. The van der Waals surface area contributed by atoms with Crippen molar-refractivity contribution in [3.05, 3.63) is 58.1 Å². The van der Waals surface area contributed by atoms with Crippen molar-refractivity contribution in [1.82, 2.24) is 10.6 Å². The molecule has 0 spiro atoms. The summed E-state index contributed by atoms with van der Waals surface area (Å²) in [7, 11) is 1.55. The summed E-state index contributed by atoms with van der Waals surface area (Å²) < 4.78 is 5.80. The monoisotopic (exact) mass is 435 g/mol. The predicted octanol–water partition coefficient (Wildman–Crippen LogP) is 3.33. The Morgan fingerprint density at radius 2 is 1.88 bits per heavy atom. The van der Waals surface area contributed by atoms with Crippen LogP contribution in [0.15, 0.2) is 46.9 Å². The first-order valence-corrected chi connectivity index (χ1v) is 8.99. The van der Waals surface area contributed by atoms with Gasteiger partial charge in [0.2, 0.25) is 0 Å². The molecule has 2 amide bonds. The van der Waals surface area contributed by atoms with Crippen LogP contribution >= 0.6 is 28.1 Å². The quantitative estimate of drug-likeness (QED) is 0.627. The number of benzene rings is 2. The molecule has 2 aromatic carbocycles. The van der Waals surface area contributed by atoms with Gasteiger partial charge >= 0.3 is 0 Å². The van der Waals surface area contributed by atoms with E-state index in [1.54, 1.807) is 49.6 Å². The van der Waals surface area contributed by atoms with Crippen molar-refractivity contribution >= 4 is 50.8 Å². The number of carbonyl (C=O) groups excluding carboxylic acids is 2. The Labute approximate surface area is 165 Å². The third-order valence-electron chi connectivity index (χ3n) is 3.40. The van der Waals surface area contributed by atoms with Gasteiger partial charge in [-0.3, -0.25) is 14.9 Å². The number of para-hydroxylation sites is 1. The average Bonchev–Trinajstić information content (AvgIpc) is 2.62. The molecule has 26 heavy (non-hydrogen) atoms. The number of halogens is 1. The number of rotatable bonds is 5. The Bertz CT molecular complexity index is 842. The molecule has 0 heterocycles. The highest BCUT2D eigenvalue weighted by Crippen LogP contribution is 2.25. The zero-order chi connectivity index (χ0) is 19.1. The summed E-state index contributed by atoms with van der Waals surface area (Å²) >= 11 is 8.53. The Balaban J connectivity index is 2.08. The van der Waals surface area contributed by atoms with Gasteiger partial charge in [-0.1, -0.05) is 12.1 Å². The van der Waals surface area contributed by atoms with Gasteiger partial charge in [0.05, 0.1) is 22.8 Å². The number of ether oxygens (including phenoxy) is 1. The smallest absolute Gasteiger partial charge is 0.257 e. The highest BCUT2D eigenvalue weighted by Gasteiger charge is 2.14. The van der Waals surface area contributed by atoms with Crippen LogP contribution in [0.2, 0.25) is 0 Å². The van der Waals surface area contributed by atoms with Gasteiger partial charge in [0.25, 0.3) is 11.8 Å². The third-order valence-corrected chi connectivity index (χ3v) is 4.22. The zero-order valence-electron chi connectivity index (χ0n) is 14.3. The number of methoxy groups -OCH3 is 1. The van der Waals surface area contributed by atoms with E-state index in [1.165, 1.54) is 0 Å². The minimum Gasteiger partial charge on any atom is -0.496 e. The predicted molar refractivity (Wildman–Crippen MR) is 109 cm³/mol. The lowest BCUT2D eigenvalue weighted by atomic mass is 10.1. The van der Waals surface area contributed by atoms with Crippen LogP contribution in [-0.4, -0.2) is 30.6 Å². The molecule has 6 nitrogen and oxygen atoms in total. The van der Waals surface area contributed by atoms with Crippen molar-refractivity contribution in [2.45, 2.75) is 6.92 Å². The molecule has 0 aliphatic carbocycles. The summed E-state index contributed by atoms with van der Waals surface area (Å²) in [5, 5.41) is 8.31. The minimum atomic E-state index is -0.374. The van der Waals surface area contributed by atoms with Gasteiger partial charge < -0.3 is 15.4 Å². The van der Waals surface area contributed by atoms with Crippen molar-refractivity contribution in [1.29, 1.82) is 0 Å². The molecule has 0 aromatic heterocycles. The standard InChI is InChI=1S/C18H18BrN3O3S/c1-3-20-17(24)12-6-4-5-7-14(12)21-18(26)22-16(23)11-8-9-15(25-2)13(19)10-11/h4-10H,3H2,1-2H3,(H,20,24)(H2,21,22,23,26). The number of anilines is 1. The maximum Gasteiger partial charge on any atom is 0.257 e. The number of amides is 2. The van der Waals surface area contributed by atoms with Gasteiger partial charge in [-0.15, -0.1) is 0 Å². The normalized spacial score (nSPS) is 9.96. The first kappa shape index (κ1) is 19.9. The van der Waals surface area contributed by atoms with Gasteiger partial charge in [0, 0.05) is 12.1 Å². The van der Waals surface area contributed by atoms with E-state index < -0.39 is 0 Å². The third kappa shape index (κ3) is 5.03. The molecule has 0 fully saturated rings. The van der Waals surface area contributed by atoms with Crippen LogP contribution in [0.5, 0.6) is 5.75 Å². The summed E-state index contributed by atoms with van der Waals surface area (Å²) in [4.78, 5) is 24.4. The van der Waals surface area contributed by atoms with E-state index in [2.05, 4.69) is 31.9 Å². The number of hydrogen-bond acceptors (Lipinski definition) is 4. The lowest BCUT2D eigenvalue weighted by molar-refractivity contribution is 0.0954. The fraction of sp³-hybridized carbons (Fsp3) is 0.167. The molecule has 8 heteroatoms. The molecule has 0 saturated carbocycles. The van der Waals surface area contributed by atoms with Gasteiger partial charge in [0.15, 0.2) is 5.11 Å². The highest BCUT2D eigenvalue weighted by molar-refractivity contribution is 9.10. The van der Waals surface area contributed by atoms with E-state index in [-0.39, 0.29) is 16.9 Å². The lowest BCUT2D eigenvalue weighted by Crippen LogP contribution is -2.35. The topological polar surface area (TPSA) is 79.5 Å². The van der Waals surface area contributed by atoms with E-state index >= 15 is 0 Å². The molecular weight excluding hydrogens is 418 g/mol. The second-order valence-electron chi connectivity index (χ2n) is 5.16. The van der Waals surface area contributed by atoms with Gasteiger partial charge in [0.1, 0.15) is 5.75 Å². The highest BCUT2D eigenvalue weighted by atomic mass is 79.9. The molecule has 0 aliphatic rings. The van der Waals surface area contributed by atoms with Crippen LogP contribution in [0.25, 0.3) is 0 Å². The SMILES string of the molecule is CCNC(=O)c1ccccc1NC(=S)NC(=O)c1ccc(OC)c(Br)c1. The van der Waals surface area contributed by atoms with Crippen molar-refractivity contribution < 1.29 is 14.3 Å². The van der Waals surface area contributed by atoms with Crippen molar-refractivity contribution in [3.63, 3.8) is 0 Å². The minimum absolute atomic E-state index is 0.0960. The number of nitrogens with one attached hydrogen (secondary N) is 3. The number of carbonyl (C=O) groups is 2. The van der Waals surface area contributed by atoms with E-state index in [1.807, 2.05) is 6.92 Å². The Hall–Kier alpha value is -2.45. The first-order chi connectivity index (χ1) is 12.5. The Kier molecular flexibility index (Phi) is 7.11. The summed E-state index contributed by atoms with van der Waals surface area (Å²) in [5.41, 5.74) is 1.37. The van der Waals surface area contributed by atoms with Crippen LogP contribution in [0.1, 0.15) is 27.6 Å². The summed E-state index contributed by atoms with van der Waals surface area (Å²) in [6.45, 7) is 2.35. The molecule has 0 unspecified atom stereocenters. The van der Waals surface area contributed by atoms with Crippen molar-refractivity contribution in [2.24, 2.45) is 0 Å². The van der Waals surface area contributed by atoms with Crippen LogP contribution in [-0.2, 0) is 0 Å². The molecular formula is C18H18BrN3O3S. The second kappa shape index (κ2) is 9.30. The molecule has 0 bridgehead atoms. The molecule has 136 valence electrons. The van der Waals surface area contributed by atoms with E-state index in [9.17, 15) is 9.59 Å². The van der Waals surface area contributed by atoms with Crippen molar-refractivity contribution in [3.8, 4) is 5.75 Å². The molecule has 0 atom stereocenters. The first-order valence-electron chi connectivity index (χ1n) is 7.79. The summed E-state index contributed by atoms with van der Waals surface area (Å²) in [6, 6.07) is 11.9. The van der Waals surface area contributed by atoms with Crippen LogP contribution in [0, 0.1) is 0 Å². The Morgan fingerprint density at radius 3 is 2.54 bits per heavy atom. The maximum atomic E-state index is 12.3. The molecule has 2 rings (SSSR count). The van der Waals surface area contributed by atoms with Gasteiger partial charge in [-0.05, 0) is 65.4 Å². The molecule has 2 aromatic rings. The molecule has 0 radical (unpaired) electrons. The van der Waals surface area contributed by atoms with Gasteiger partial charge in [-0.25, -0.2) is 0 Å². The van der Waals surface area contributed by atoms with Gasteiger partial charge in [-0.2, -0.15) is 0 Å². The second-order valence-corrected chi connectivity index (χ2v) is 6.43. The maximum absolute atomic E-state index is 12.3. The average molecular weight is 436 g/mol. The largest absolute Gasteiger partial charge is 0.496 e. The summed E-state index contributed by atoms with van der Waals surface area (Å²) in [5.74, 6) is 0.0308. The zero-order valence-corrected chi connectivity index (χ0v) is 16.7. The lowest BCUT2D eigenvalue weighted by Gasteiger charge is -2.13. The van der Waals surface area contributed by atoms with Crippen LogP contribution in [0.4, 0.5) is 5.69 Å². The number of hydrogen-bond donors (Lipinski definition) is 3. The van der Waals surface area contributed by atoms with Crippen LogP contribution < -0.4 is 20.7 Å². The van der Waals surface area contributed by atoms with E-state index in [0.29, 0.717) is 33.6 Å². The van der Waals surface area contributed by atoms with E-state index in [4.69, 9.17) is 17.0 Å². The Morgan fingerprint density at radius 1 is 1.15 bits per heavy atom. The molecule has 0 aliphatic heterocycles. The fourth-order valence-corrected chi connectivity index (χ4v) is 2.93. The van der Waals surface area contributed by atoms with E-state index in [0.717, 1.165) is 0 Å². The van der Waals surface area contributed by atoms with Crippen LogP contribution in [0.3, 0.4) is 0 Å². The molecule has 3 N–H and O–H groups in total. The summed E-state index contributed by atoms with van der Waals surface area (Å²) in [6.07, 6.45) is 0. The van der Waals surface area contributed by atoms with Crippen molar-refractivity contribution in [2.75, 3.05) is 19.0 Å².